The first kappa shape index (κ1) is 16.4. The summed E-state index contributed by atoms with van der Waals surface area (Å²) in [6, 6.07) is 5.01. The molecule has 0 radical (unpaired) electrons. The summed E-state index contributed by atoms with van der Waals surface area (Å²) in [7, 11) is 0. The zero-order chi connectivity index (χ0) is 15.2. The second-order valence-corrected chi connectivity index (χ2v) is 6.00. The number of aliphatic hydroxyl groups excluding tert-OH is 1. The Hall–Kier alpha value is -0.970. The van der Waals surface area contributed by atoms with Crippen LogP contribution >= 0.6 is 0 Å². The highest BCUT2D eigenvalue weighted by Crippen LogP contribution is 2.20. The highest BCUT2D eigenvalue weighted by Gasteiger charge is 2.17. The fraction of sp³-hybridized carbons (Fsp3) is 0.647. The molecule has 0 spiro atoms. The molecule has 3 nitrogen and oxygen atoms in total. The summed E-state index contributed by atoms with van der Waals surface area (Å²) in [5.74, 6) is -0.236. The van der Waals surface area contributed by atoms with Crippen molar-refractivity contribution >= 4 is 0 Å². The first-order valence-electron chi connectivity index (χ1n) is 7.99. The molecule has 1 heterocycles. The van der Waals surface area contributed by atoms with Gasteiger partial charge in [0.05, 0.1) is 6.10 Å². The Bertz CT molecular complexity index is 444. The zero-order valence-electron chi connectivity index (χ0n) is 13.2. The van der Waals surface area contributed by atoms with Crippen LogP contribution in [0.15, 0.2) is 18.2 Å². The molecule has 1 aromatic carbocycles. The molecule has 0 aliphatic carbocycles. The molecule has 1 unspecified atom stereocenters. The van der Waals surface area contributed by atoms with Crippen molar-refractivity contribution in [2.24, 2.45) is 0 Å². The predicted octanol–water partition coefficient (Wildman–Crippen LogP) is 2.59. The van der Waals surface area contributed by atoms with Crippen molar-refractivity contribution in [2.75, 3.05) is 39.3 Å². The van der Waals surface area contributed by atoms with Crippen molar-refractivity contribution in [1.29, 1.82) is 0 Å². The highest BCUT2D eigenvalue weighted by molar-refractivity contribution is 5.24. The first-order chi connectivity index (χ1) is 10.1. The van der Waals surface area contributed by atoms with Crippen LogP contribution in [0.25, 0.3) is 0 Å². The molecular weight excluding hydrogens is 267 g/mol. The van der Waals surface area contributed by atoms with Gasteiger partial charge in [-0.15, -0.1) is 0 Å². The minimum absolute atomic E-state index is 0.236. The van der Waals surface area contributed by atoms with Gasteiger partial charge in [0.15, 0.2) is 0 Å². The molecule has 1 aliphatic rings. The average molecular weight is 294 g/mol. The minimum atomic E-state index is -0.575. The van der Waals surface area contributed by atoms with E-state index in [4.69, 9.17) is 0 Å². The van der Waals surface area contributed by atoms with Crippen LogP contribution in [0.2, 0.25) is 0 Å². The van der Waals surface area contributed by atoms with E-state index in [1.165, 1.54) is 19.0 Å². The van der Waals surface area contributed by atoms with Gasteiger partial charge in [0, 0.05) is 32.7 Å². The Morgan fingerprint density at radius 2 is 1.76 bits per heavy atom. The van der Waals surface area contributed by atoms with E-state index in [1.807, 2.05) is 6.07 Å². The van der Waals surface area contributed by atoms with Gasteiger partial charge in [0.1, 0.15) is 5.82 Å². The van der Waals surface area contributed by atoms with Crippen molar-refractivity contribution in [3.05, 3.63) is 35.1 Å². The molecule has 0 bridgehead atoms. The number of benzene rings is 1. The quantitative estimate of drug-likeness (QED) is 0.873. The predicted molar refractivity (Wildman–Crippen MR) is 83.9 cm³/mol. The first-order valence-corrected chi connectivity index (χ1v) is 7.99. The summed E-state index contributed by atoms with van der Waals surface area (Å²) in [5.41, 5.74) is 1.31. The van der Waals surface area contributed by atoms with Gasteiger partial charge in [0.2, 0.25) is 0 Å². The highest BCUT2D eigenvalue weighted by atomic mass is 19.1. The third-order valence-corrected chi connectivity index (χ3v) is 4.30. The Morgan fingerprint density at radius 1 is 1.14 bits per heavy atom. The molecule has 2 rings (SSSR count). The number of rotatable bonds is 6. The smallest absolute Gasteiger partial charge is 0.126 e. The number of hydrogen-bond acceptors (Lipinski definition) is 3. The van der Waals surface area contributed by atoms with E-state index in [0.717, 1.165) is 32.7 Å². The normalized spacial score (nSPS) is 18.9. The van der Waals surface area contributed by atoms with Crippen LogP contribution in [0.1, 0.15) is 37.0 Å². The summed E-state index contributed by atoms with van der Waals surface area (Å²) < 4.78 is 13.5. The molecular formula is C17H27FN2O. The lowest BCUT2D eigenvalue weighted by Crippen LogP contribution is -2.46. The van der Waals surface area contributed by atoms with Crippen LogP contribution in [0, 0.1) is 12.7 Å². The molecule has 1 aliphatic heterocycles. The largest absolute Gasteiger partial charge is 0.388 e. The number of nitrogens with zero attached hydrogens (tertiary/aromatic N) is 2. The second kappa shape index (κ2) is 7.87. The van der Waals surface area contributed by atoms with Gasteiger partial charge < -0.3 is 14.9 Å². The molecule has 1 N–H and O–H groups in total. The molecule has 1 aromatic rings. The van der Waals surface area contributed by atoms with E-state index in [1.54, 1.807) is 13.0 Å². The van der Waals surface area contributed by atoms with Crippen LogP contribution in [0.5, 0.6) is 0 Å². The molecule has 0 aromatic heterocycles. The Labute approximate surface area is 127 Å². The van der Waals surface area contributed by atoms with Crippen molar-refractivity contribution in [3.8, 4) is 0 Å². The Balaban J connectivity index is 1.76. The van der Waals surface area contributed by atoms with E-state index in [-0.39, 0.29) is 5.82 Å². The maximum atomic E-state index is 13.5. The van der Waals surface area contributed by atoms with Crippen LogP contribution < -0.4 is 0 Å². The van der Waals surface area contributed by atoms with E-state index in [9.17, 15) is 9.50 Å². The third-order valence-electron chi connectivity index (χ3n) is 4.30. The van der Waals surface area contributed by atoms with Crippen LogP contribution in [-0.4, -0.2) is 54.2 Å². The number of halogens is 1. The summed E-state index contributed by atoms with van der Waals surface area (Å²) in [4.78, 5) is 4.88. The van der Waals surface area contributed by atoms with E-state index < -0.39 is 6.10 Å². The second-order valence-electron chi connectivity index (χ2n) is 6.00. The summed E-state index contributed by atoms with van der Waals surface area (Å²) >= 11 is 0. The average Bonchev–Trinajstić information content (AvgIpc) is 2.49. The van der Waals surface area contributed by atoms with E-state index in [0.29, 0.717) is 17.5 Å². The number of aliphatic hydroxyl groups is 1. The summed E-state index contributed by atoms with van der Waals surface area (Å²) in [6.07, 6.45) is 1.29. The molecule has 1 saturated heterocycles. The Kier molecular flexibility index (Phi) is 6.15. The third kappa shape index (κ3) is 4.77. The lowest BCUT2D eigenvalue weighted by Gasteiger charge is -2.34. The fourth-order valence-corrected chi connectivity index (χ4v) is 2.84. The summed E-state index contributed by atoms with van der Waals surface area (Å²) in [6.45, 7) is 10.4. The molecule has 0 amide bonds. The maximum absolute atomic E-state index is 13.5. The van der Waals surface area contributed by atoms with Crippen LogP contribution in [-0.2, 0) is 0 Å². The number of aryl methyl sites for hydroxylation is 1. The molecule has 0 saturated carbocycles. The van der Waals surface area contributed by atoms with Gasteiger partial charge in [-0.25, -0.2) is 4.39 Å². The standard InChI is InChI=1S/C17H27FN2O/c1-3-7-19-9-11-20(12-10-19)8-6-17(21)15-5-4-14(2)16(18)13-15/h4-5,13,17,21H,3,6-12H2,1-2H3. The SMILES string of the molecule is CCCN1CCN(CCC(O)c2ccc(C)c(F)c2)CC1. The Morgan fingerprint density at radius 3 is 2.33 bits per heavy atom. The fourth-order valence-electron chi connectivity index (χ4n) is 2.84. The van der Waals surface area contributed by atoms with Crippen molar-refractivity contribution in [2.45, 2.75) is 32.8 Å². The lowest BCUT2D eigenvalue weighted by molar-refractivity contribution is 0.102. The topological polar surface area (TPSA) is 26.7 Å². The molecule has 4 heteroatoms. The van der Waals surface area contributed by atoms with Gasteiger partial charge in [0.25, 0.3) is 0 Å². The minimum Gasteiger partial charge on any atom is -0.388 e. The molecule has 1 fully saturated rings. The lowest BCUT2D eigenvalue weighted by atomic mass is 10.0. The maximum Gasteiger partial charge on any atom is 0.126 e. The monoisotopic (exact) mass is 294 g/mol. The molecule has 21 heavy (non-hydrogen) atoms. The summed E-state index contributed by atoms with van der Waals surface area (Å²) in [5, 5.41) is 10.2. The van der Waals surface area contributed by atoms with Gasteiger partial charge in [-0.1, -0.05) is 19.1 Å². The van der Waals surface area contributed by atoms with Gasteiger partial charge in [-0.05, 0) is 43.5 Å². The van der Waals surface area contributed by atoms with Crippen molar-refractivity contribution in [1.82, 2.24) is 9.80 Å². The van der Waals surface area contributed by atoms with Crippen LogP contribution in [0.4, 0.5) is 4.39 Å². The van der Waals surface area contributed by atoms with Crippen molar-refractivity contribution in [3.63, 3.8) is 0 Å². The van der Waals surface area contributed by atoms with Crippen molar-refractivity contribution < 1.29 is 9.50 Å². The van der Waals surface area contributed by atoms with E-state index in [2.05, 4.69) is 16.7 Å². The number of piperazine rings is 1. The van der Waals surface area contributed by atoms with E-state index >= 15 is 0 Å². The molecule has 118 valence electrons. The number of hydrogen-bond donors (Lipinski definition) is 1. The molecule has 1 atom stereocenters. The van der Waals surface area contributed by atoms with Crippen LogP contribution in [0.3, 0.4) is 0 Å². The van der Waals surface area contributed by atoms with Gasteiger partial charge >= 0.3 is 0 Å². The zero-order valence-corrected chi connectivity index (χ0v) is 13.2. The van der Waals surface area contributed by atoms with Gasteiger partial charge in [-0.3, -0.25) is 0 Å². The van der Waals surface area contributed by atoms with Gasteiger partial charge in [-0.2, -0.15) is 0 Å².